The minimum atomic E-state index is -0.588. The molecule has 0 radical (unpaired) electrons. The Morgan fingerprint density at radius 1 is 1.15 bits per heavy atom. The third-order valence-electron chi connectivity index (χ3n) is 6.18. The molecule has 1 atom stereocenters. The van der Waals surface area contributed by atoms with E-state index in [1.165, 1.54) is 7.05 Å². The summed E-state index contributed by atoms with van der Waals surface area (Å²) >= 11 is 0. The second kappa shape index (κ2) is 8.16. The molecule has 168 valence electrons. The van der Waals surface area contributed by atoms with Gasteiger partial charge < -0.3 is 4.74 Å². The fraction of sp³-hybridized carbons (Fsp3) is 0.185. The lowest BCUT2D eigenvalue weighted by molar-refractivity contribution is -0.138. The normalized spacial score (nSPS) is 18.8. The van der Waals surface area contributed by atoms with E-state index in [1.807, 2.05) is 61.7 Å². The fourth-order valence-electron chi connectivity index (χ4n) is 4.35. The van der Waals surface area contributed by atoms with Crippen LogP contribution in [0.2, 0.25) is 0 Å². The molecule has 7 nitrogen and oxygen atoms in total. The molecule has 1 aromatic heterocycles. The Bertz CT molecular complexity index is 1440. The summed E-state index contributed by atoms with van der Waals surface area (Å²) < 4.78 is 7.61. The van der Waals surface area contributed by atoms with E-state index >= 15 is 0 Å². The number of nitrogens with zero attached hydrogens (tertiary/aromatic N) is 4. The van der Waals surface area contributed by atoms with Gasteiger partial charge in [0.25, 0.3) is 11.8 Å². The smallest absolute Gasteiger partial charge is 0.271 e. The van der Waals surface area contributed by atoms with Gasteiger partial charge in [-0.25, -0.2) is 4.68 Å². The van der Waals surface area contributed by atoms with Crippen LogP contribution in [0.1, 0.15) is 25.0 Å². The van der Waals surface area contributed by atoms with Gasteiger partial charge in [-0.2, -0.15) is 10.4 Å². The molecule has 5 rings (SSSR count). The molecule has 7 heteroatoms. The number of likely N-dealkylation sites (N-methyl/N-ethyl adjacent to an activating group) is 1. The molecular weight excluding hydrogens is 428 g/mol. The second-order valence-electron chi connectivity index (χ2n) is 8.51. The van der Waals surface area contributed by atoms with Gasteiger partial charge in [0.2, 0.25) is 0 Å². The summed E-state index contributed by atoms with van der Waals surface area (Å²) in [6.07, 6.45) is 4.51. The fourth-order valence-corrected chi connectivity index (χ4v) is 4.35. The van der Waals surface area contributed by atoms with Gasteiger partial charge >= 0.3 is 0 Å². The molecule has 0 bridgehead atoms. The molecule has 34 heavy (non-hydrogen) atoms. The highest BCUT2D eigenvalue weighted by molar-refractivity contribution is 6.19. The van der Waals surface area contributed by atoms with Crippen LogP contribution in [0.25, 0.3) is 23.0 Å². The van der Waals surface area contributed by atoms with Crippen LogP contribution in [0.15, 0.2) is 71.4 Å². The van der Waals surface area contributed by atoms with Crippen molar-refractivity contribution in [1.29, 1.82) is 5.26 Å². The van der Waals surface area contributed by atoms with Crippen LogP contribution in [-0.4, -0.2) is 39.6 Å². The average molecular weight is 450 g/mol. The number of ether oxygens (including phenoxy) is 1. The zero-order valence-electron chi connectivity index (χ0n) is 19.1. The molecule has 0 saturated heterocycles. The number of benzene rings is 2. The van der Waals surface area contributed by atoms with Gasteiger partial charge in [0.15, 0.2) is 0 Å². The van der Waals surface area contributed by atoms with Crippen molar-refractivity contribution >= 4 is 17.9 Å². The van der Waals surface area contributed by atoms with E-state index in [2.05, 4.69) is 6.07 Å². The van der Waals surface area contributed by atoms with E-state index in [9.17, 15) is 14.9 Å². The monoisotopic (exact) mass is 450 g/mol. The molecule has 3 heterocycles. The van der Waals surface area contributed by atoms with Gasteiger partial charge in [-0.15, -0.1) is 0 Å². The Labute approximate surface area is 197 Å². The number of fused-ring (bicyclic) bond motifs is 1. The first-order chi connectivity index (χ1) is 16.4. The summed E-state index contributed by atoms with van der Waals surface area (Å²) in [5.41, 5.74) is 4.91. The first-order valence-corrected chi connectivity index (χ1v) is 11.0. The molecule has 0 aliphatic carbocycles. The van der Waals surface area contributed by atoms with Gasteiger partial charge in [0.05, 0.1) is 11.4 Å². The van der Waals surface area contributed by atoms with Crippen molar-refractivity contribution in [3.63, 3.8) is 0 Å². The molecule has 2 aromatic carbocycles. The minimum absolute atomic E-state index is 0.0333. The Kier molecular flexibility index (Phi) is 5.14. The van der Waals surface area contributed by atoms with E-state index in [-0.39, 0.29) is 11.7 Å². The van der Waals surface area contributed by atoms with E-state index in [1.54, 1.807) is 17.7 Å². The molecule has 1 unspecified atom stereocenters. The Balaban J connectivity index is 1.70. The molecular formula is C27H22N4O3. The quantitative estimate of drug-likeness (QED) is 0.443. The van der Waals surface area contributed by atoms with Crippen molar-refractivity contribution in [2.24, 2.45) is 0 Å². The third kappa shape index (κ3) is 3.50. The lowest BCUT2D eigenvalue weighted by atomic mass is 9.93. The molecule has 0 N–H and O–H groups in total. The SMILES string of the molecule is CC1=C(C#N)C(=O)N(C)C(=O)/C1=C\c1cn(-c2ccccc2)nc1-c1ccc2c(c1)CC(C)O2. The number of hydrogen-bond donors (Lipinski definition) is 0. The molecule has 0 saturated carbocycles. The zero-order valence-corrected chi connectivity index (χ0v) is 19.1. The van der Waals surface area contributed by atoms with Gasteiger partial charge in [0.1, 0.15) is 23.5 Å². The van der Waals surface area contributed by atoms with Crippen molar-refractivity contribution in [2.75, 3.05) is 7.05 Å². The summed E-state index contributed by atoms with van der Waals surface area (Å²) in [4.78, 5) is 26.3. The molecule has 2 amide bonds. The number of carbonyl (C=O) groups is 2. The zero-order chi connectivity index (χ0) is 24.0. The van der Waals surface area contributed by atoms with Crippen molar-refractivity contribution in [3.8, 4) is 28.8 Å². The van der Waals surface area contributed by atoms with Gasteiger partial charge in [0, 0.05) is 36.4 Å². The topological polar surface area (TPSA) is 88.2 Å². The highest BCUT2D eigenvalue weighted by atomic mass is 16.5. The summed E-state index contributed by atoms with van der Waals surface area (Å²) in [5.74, 6) is -0.162. The third-order valence-corrected chi connectivity index (χ3v) is 6.18. The molecule has 2 aliphatic rings. The second-order valence-corrected chi connectivity index (χ2v) is 8.51. The van der Waals surface area contributed by atoms with Crippen molar-refractivity contribution in [1.82, 2.24) is 14.7 Å². The summed E-state index contributed by atoms with van der Waals surface area (Å²) in [7, 11) is 1.39. The van der Waals surface area contributed by atoms with E-state index in [0.717, 1.165) is 33.9 Å². The Morgan fingerprint density at radius 2 is 1.91 bits per heavy atom. The number of carbonyl (C=O) groups excluding carboxylic acids is 2. The Morgan fingerprint density at radius 3 is 2.65 bits per heavy atom. The molecule has 0 spiro atoms. The predicted molar refractivity (Wildman–Crippen MR) is 127 cm³/mol. The molecule has 2 aliphatic heterocycles. The Hall–Kier alpha value is -4.44. The van der Waals surface area contributed by atoms with Crippen molar-refractivity contribution < 1.29 is 14.3 Å². The maximum Gasteiger partial charge on any atom is 0.271 e. The number of rotatable bonds is 3. The number of hydrogen-bond acceptors (Lipinski definition) is 5. The average Bonchev–Trinajstić information content (AvgIpc) is 3.43. The number of nitriles is 1. The lowest BCUT2D eigenvalue weighted by Crippen LogP contribution is -2.39. The largest absolute Gasteiger partial charge is 0.490 e. The standard InChI is InChI=1S/C27H22N4O3/c1-16-11-19-12-18(9-10-24(19)34-16)25-20(15-31(29-25)21-7-5-4-6-8-21)13-22-17(2)23(14-28)27(33)30(3)26(22)32/h4-10,12-13,15-16H,11H2,1-3H3/b22-13-. The number of amides is 2. The van der Waals surface area contributed by atoms with Crippen LogP contribution >= 0.6 is 0 Å². The highest BCUT2D eigenvalue weighted by Crippen LogP contribution is 2.35. The van der Waals surface area contributed by atoms with Gasteiger partial charge in [-0.1, -0.05) is 18.2 Å². The van der Waals surface area contributed by atoms with Crippen LogP contribution < -0.4 is 4.74 Å². The minimum Gasteiger partial charge on any atom is -0.490 e. The summed E-state index contributed by atoms with van der Waals surface area (Å²) in [6.45, 7) is 3.66. The predicted octanol–water partition coefficient (Wildman–Crippen LogP) is 4.08. The van der Waals surface area contributed by atoms with Gasteiger partial charge in [-0.05, 0) is 61.4 Å². The summed E-state index contributed by atoms with van der Waals surface area (Å²) in [6, 6.07) is 17.6. The van der Waals surface area contributed by atoms with Gasteiger partial charge in [-0.3, -0.25) is 14.5 Å². The first kappa shape index (κ1) is 21.4. The van der Waals surface area contributed by atoms with E-state index in [4.69, 9.17) is 9.84 Å². The number of para-hydroxylation sites is 1. The molecule has 3 aromatic rings. The number of imide groups is 1. The first-order valence-electron chi connectivity index (χ1n) is 11.0. The van der Waals surface area contributed by atoms with Crippen LogP contribution in [0, 0.1) is 11.3 Å². The molecule has 0 fully saturated rings. The maximum atomic E-state index is 13.0. The number of aromatic nitrogens is 2. The van der Waals surface area contributed by atoms with Crippen LogP contribution in [0.4, 0.5) is 0 Å². The summed E-state index contributed by atoms with van der Waals surface area (Å²) in [5, 5.41) is 14.3. The van der Waals surface area contributed by atoms with Crippen LogP contribution in [-0.2, 0) is 16.0 Å². The van der Waals surface area contributed by atoms with E-state index < -0.39 is 11.8 Å². The maximum absolute atomic E-state index is 13.0. The highest BCUT2D eigenvalue weighted by Gasteiger charge is 2.33. The van der Waals surface area contributed by atoms with Crippen LogP contribution in [0.5, 0.6) is 5.75 Å². The van der Waals surface area contributed by atoms with E-state index in [0.29, 0.717) is 22.4 Å². The lowest BCUT2D eigenvalue weighted by Gasteiger charge is -2.23. The van der Waals surface area contributed by atoms with Crippen molar-refractivity contribution in [3.05, 3.63) is 82.6 Å². The van der Waals surface area contributed by atoms with Crippen LogP contribution in [0.3, 0.4) is 0 Å². The van der Waals surface area contributed by atoms with Crippen molar-refractivity contribution in [2.45, 2.75) is 26.4 Å².